The van der Waals surface area contributed by atoms with E-state index in [1.165, 1.54) is 24.3 Å². The van der Waals surface area contributed by atoms with Crippen LogP contribution in [0, 0.1) is 13.8 Å². The van der Waals surface area contributed by atoms with Gasteiger partial charge in [0.25, 0.3) is 16.0 Å². The van der Waals surface area contributed by atoms with Crippen molar-refractivity contribution in [3.8, 4) is 0 Å². The lowest BCUT2D eigenvalue weighted by Gasteiger charge is -2.23. The van der Waals surface area contributed by atoms with Crippen LogP contribution >= 0.6 is 11.6 Å². The van der Waals surface area contributed by atoms with Gasteiger partial charge in [-0.2, -0.15) is 8.42 Å². The Morgan fingerprint density at radius 2 is 1.42 bits per heavy atom. The molecule has 43 heavy (non-hydrogen) atoms. The maximum absolute atomic E-state index is 12.5. The van der Waals surface area contributed by atoms with Crippen molar-refractivity contribution in [2.45, 2.75) is 30.2 Å². The number of hydrogen-bond donors (Lipinski definition) is 1. The fourth-order valence-corrected chi connectivity index (χ4v) is 5.29. The predicted octanol–water partition coefficient (Wildman–Crippen LogP) is 3.85. The lowest BCUT2D eigenvalue weighted by atomic mass is 10.2. The second-order valence-corrected chi connectivity index (χ2v) is 12.9. The summed E-state index contributed by atoms with van der Waals surface area (Å²) in [5.41, 5.74) is 8.54. The lowest BCUT2D eigenvalue weighted by Crippen LogP contribution is -2.42. The molecule has 0 radical (unpaired) electrons. The van der Waals surface area contributed by atoms with Gasteiger partial charge in [0.1, 0.15) is 15.7 Å². The standard InChI is InChI=1S/C23H24ClN3O4S.C7H8O3S/c1-18-4-10-22(11-5-18)32(29,30)31-16-15-27(21-8-6-20(24)7-9-21)14-13-26-12-2-3-19(17-26)23(25)28;1-6-2-4-7(5-3-6)11(8,9)10/h2-12,17H,13-16H2,1H3,(H-,25,28);2-5H,1H3,(H,8,9,10). The summed E-state index contributed by atoms with van der Waals surface area (Å²) in [6.45, 7) is 5.12. The molecular weight excluding hydrogens is 614 g/mol. The van der Waals surface area contributed by atoms with Crippen LogP contribution in [0.25, 0.3) is 0 Å². The first kappa shape index (κ1) is 33.7. The molecule has 10 nitrogen and oxygen atoms in total. The maximum atomic E-state index is 12.5. The van der Waals surface area contributed by atoms with Gasteiger partial charge in [0, 0.05) is 23.3 Å². The summed E-state index contributed by atoms with van der Waals surface area (Å²) in [6, 6.07) is 23.0. The van der Waals surface area contributed by atoms with E-state index in [-0.39, 0.29) is 16.4 Å². The van der Waals surface area contributed by atoms with E-state index in [0.29, 0.717) is 30.2 Å². The average Bonchev–Trinajstić information content (AvgIpc) is 2.96. The minimum absolute atomic E-state index is 0.0230. The number of aryl methyl sites for hydroxylation is 2. The van der Waals surface area contributed by atoms with Crippen molar-refractivity contribution in [3.63, 3.8) is 0 Å². The lowest BCUT2D eigenvalue weighted by molar-refractivity contribution is -0.694. The van der Waals surface area contributed by atoms with Gasteiger partial charge in [0.05, 0.1) is 22.9 Å². The Bertz CT molecular complexity index is 1730. The second-order valence-electron chi connectivity index (χ2n) is 9.51. The highest BCUT2D eigenvalue weighted by Gasteiger charge is 2.17. The molecular formula is C30H32ClN3O7S2. The van der Waals surface area contributed by atoms with Crippen molar-refractivity contribution in [3.05, 3.63) is 119 Å². The van der Waals surface area contributed by atoms with E-state index in [4.69, 9.17) is 21.5 Å². The van der Waals surface area contributed by atoms with E-state index in [9.17, 15) is 26.2 Å². The summed E-state index contributed by atoms with van der Waals surface area (Å²) in [6.07, 6.45) is 3.52. The van der Waals surface area contributed by atoms with Gasteiger partial charge in [0.2, 0.25) is 0 Å². The molecule has 0 aliphatic carbocycles. The van der Waals surface area contributed by atoms with Crippen molar-refractivity contribution < 1.29 is 34.9 Å². The summed E-state index contributed by atoms with van der Waals surface area (Å²) in [4.78, 5) is 13.4. The fourth-order valence-electron chi connectivity index (χ4n) is 3.80. The van der Waals surface area contributed by atoms with E-state index in [1.807, 2.05) is 41.6 Å². The number of primary amides is 1. The topological polar surface area (TPSA) is 151 Å². The van der Waals surface area contributed by atoms with E-state index >= 15 is 0 Å². The number of rotatable bonds is 11. The number of benzene rings is 3. The number of anilines is 1. The predicted molar refractivity (Wildman–Crippen MR) is 162 cm³/mol. The maximum Gasteiger partial charge on any atom is 0.297 e. The highest BCUT2D eigenvalue weighted by Crippen LogP contribution is 2.19. The molecule has 2 N–H and O–H groups in total. The van der Waals surface area contributed by atoms with Gasteiger partial charge in [-0.15, -0.1) is 0 Å². The number of nitrogens with zero attached hydrogens (tertiary/aromatic N) is 2. The zero-order valence-corrected chi connectivity index (χ0v) is 26.0. The molecule has 0 saturated carbocycles. The molecule has 0 unspecified atom stereocenters. The molecule has 4 aromatic rings. The number of amides is 1. The van der Waals surface area contributed by atoms with Crippen LogP contribution in [-0.4, -0.2) is 47.0 Å². The quantitative estimate of drug-likeness (QED) is 0.147. The van der Waals surface area contributed by atoms with Crippen LogP contribution in [0.2, 0.25) is 5.02 Å². The SMILES string of the molecule is Cc1ccc(S(=O)(=O)OCCN(CC[n+]2cccc(C(N)=O)c2)c2ccc(Cl)cc2)cc1.Cc1ccc(S(=O)(=O)[O-])cc1. The van der Waals surface area contributed by atoms with Crippen molar-refractivity contribution in [1.29, 1.82) is 0 Å². The van der Waals surface area contributed by atoms with Crippen LogP contribution < -0.4 is 15.2 Å². The number of nitrogens with two attached hydrogens (primary N) is 1. The second kappa shape index (κ2) is 15.1. The van der Waals surface area contributed by atoms with E-state index < -0.39 is 26.1 Å². The Kier molecular flexibility index (Phi) is 11.8. The van der Waals surface area contributed by atoms with Crippen LogP contribution in [0.1, 0.15) is 21.5 Å². The van der Waals surface area contributed by atoms with Crippen LogP contribution in [0.4, 0.5) is 5.69 Å². The third-order valence-electron chi connectivity index (χ3n) is 6.18. The normalized spacial score (nSPS) is 11.3. The molecule has 13 heteroatoms. The molecule has 0 saturated heterocycles. The molecule has 0 bridgehead atoms. The van der Waals surface area contributed by atoms with Crippen molar-refractivity contribution in [2.24, 2.45) is 5.73 Å². The van der Waals surface area contributed by atoms with E-state index in [1.54, 1.807) is 54.7 Å². The average molecular weight is 646 g/mol. The van der Waals surface area contributed by atoms with E-state index in [2.05, 4.69) is 0 Å². The van der Waals surface area contributed by atoms with Crippen molar-refractivity contribution in [2.75, 3.05) is 24.6 Å². The molecule has 0 aliphatic heterocycles. The molecule has 3 aromatic carbocycles. The first-order valence-electron chi connectivity index (χ1n) is 13.0. The number of aromatic nitrogens is 1. The molecule has 0 atom stereocenters. The Morgan fingerprint density at radius 3 is 1.95 bits per heavy atom. The molecule has 0 aliphatic rings. The van der Waals surface area contributed by atoms with Gasteiger partial charge in [-0.05, 0) is 68.4 Å². The Hall–Kier alpha value is -3.81. The first-order chi connectivity index (χ1) is 20.2. The third-order valence-corrected chi connectivity index (χ3v) is 8.61. The summed E-state index contributed by atoms with van der Waals surface area (Å²) >= 11 is 6.01. The molecule has 1 amide bonds. The minimum atomic E-state index is -4.27. The summed E-state index contributed by atoms with van der Waals surface area (Å²) in [5, 5.41) is 0.607. The Morgan fingerprint density at radius 1 is 0.860 bits per heavy atom. The van der Waals surface area contributed by atoms with Gasteiger partial charge >= 0.3 is 0 Å². The highest BCUT2D eigenvalue weighted by molar-refractivity contribution is 7.86. The number of hydrogen-bond acceptors (Lipinski definition) is 8. The van der Waals surface area contributed by atoms with E-state index in [0.717, 1.165) is 16.8 Å². The number of pyridine rings is 1. The summed E-state index contributed by atoms with van der Waals surface area (Å²) < 4.78 is 63.3. The fraction of sp³-hybridized carbons (Fsp3) is 0.200. The highest BCUT2D eigenvalue weighted by atomic mass is 35.5. The van der Waals surface area contributed by atoms with Gasteiger partial charge in [-0.3, -0.25) is 8.98 Å². The smallest absolute Gasteiger partial charge is 0.297 e. The van der Waals surface area contributed by atoms with Gasteiger partial charge in [-0.25, -0.2) is 13.0 Å². The Labute approximate surface area is 257 Å². The molecule has 228 valence electrons. The number of carbonyl (C=O) groups excluding carboxylic acids is 1. The number of carbonyl (C=O) groups is 1. The monoisotopic (exact) mass is 645 g/mol. The number of halogens is 1. The molecule has 0 fully saturated rings. The molecule has 0 spiro atoms. The van der Waals surface area contributed by atoms with Crippen molar-refractivity contribution in [1.82, 2.24) is 0 Å². The summed E-state index contributed by atoms with van der Waals surface area (Å²) in [5.74, 6) is -0.497. The van der Waals surface area contributed by atoms with Gasteiger partial charge in [0.15, 0.2) is 18.9 Å². The van der Waals surface area contributed by atoms with Crippen molar-refractivity contribution >= 4 is 43.4 Å². The molecule has 1 heterocycles. The Balaban J connectivity index is 0.000000386. The van der Waals surface area contributed by atoms with Crippen LogP contribution in [0.15, 0.2) is 107 Å². The summed E-state index contributed by atoms with van der Waals surface area (Å²) in [7, 11) is -8.12. The largest absolute Gasteiger partial charge is 0.744 e. The minimum Gasteiger partial charge on any atom is -0.744 e. The van der Waals surface area contributed by atoms with Gasteiger partial charge < -0.3 is 15.2 Å². The molecule has 4 rings (SSSR count). The van der Waals surface area contributed by atoms with Crippen LogP contribution in [-0.2, 0) is 31.0 Å². The first-order valence-corrected chi connectivity index (χ1v) is 16.2. The van der Waals surface area contributed by atoms with Gasteiger partial charge in [-0.1, -0.05) is 47.0 Å². The van der Waals surface area contributed by atoms with Crippen LogP contribution in [0.3, 0.4) is 0 Å². The van der Waals surface area contributed by atoms with Crippen LogP contribution in [0.5, 0.6) is 0 Å². The molecule has 1 aromatic heterocycles. The third kappa shape index (κ3) is 10.8. The zero-order chi connectivity index (χ0) is 31.6. The zero-order valence-electron chi connectivity index (χ0n) is 23.6.